The van der Waals surface area contributed by atoms with Crippen LogP contribution in [-0.4, -0.2) is 32.8 Å². The van der Waals surface area contributed by atoms with E-state index in [9.17, 15) is 18.0 Å². The molecule has 0 amide bonds. The van der Waals surface area contributed by atoms with Crippen LogP contribution in [0.15, 0.2) is 36.0 Å². The summed E-state index contributed by atoms with van der Waals surface area (Å²) in [5, 5.41) is 0. The largest absolute Gasteiger partial charge is 0.491 e. The van der Waals surface area contributed by atoms with Crippen LogP contribution in [0, 0.1) is 0 Å². The Kier molecular flexibility index (Phi) is 6.33. The molecule has 0 heterocycles. The Morgan fingerprint density at radius 1 is 0.960 bits per heavy atom. The second-order valence-corrected chi connectivity index (χ2v) is 17.9. The normalized spacial score (nSPS) is 14.0. The number of carbonyl (C=O) groups is 1. The maximum absolute atomic E-state index is 12.8. The topological polar surface area (TPSA) is 29.5 Å². The van der Waals surface area contributed by atoms with Gasteiger partial charge >= 0.3 is 12.1 Å². The lowest BCUT2D eigenvalue weighted by Gasteiger charge is -2.46. The summed E-state index contributed by atoms with van der Waals surface area (Å²) in [5.41, 5.74) is 1.04. The van der Waals surface area contributed by atoms with Crippen molar-refractivity contribution in [1.29, 1.82) is 0 Å². The average molecular weight is 390 g/mol. The Morgan fingerprint density at radius 2 is 1.40 bits per heavy atom. The van der Waals surface area contributed by atoms with Crippen molar-refractivity contribution in [2.75, 3.05) is 0 Å². The minimum absolute atomic E-state index is 0.0206. The van der Waals surface area contributed by atoms with Gasteiger partial charge in [0.25, 0.3) is 0 Å². The van der Waals surface area contributed by atoms with E-state index in [-0.39, 0.29) is 5.76 Å². The second-order valence-electron chi connectivity index (χ2n) is 7.84. The minimum Gasteiger partial charge on any atom is -0.425 e. The summed E-state index contributed by atoms with van der Waals surface area (Å²) in [6.45, 7) is 14.5. The molecule has 25 heavy (non-hydrogen) atoms. The summed E-state index contributed by atoms with van der Waals surface area (Å²) in [6, 6.07) is 8.47. The molecule has 0 atom stereocenters. The summed E-state index contributed by atoms with van der Waals surface area (Å²) in [7, 11) is -3.83. The number of benzene rings is 1. The van der Waals surface area contributed by atoms with E-state index in [4.69, 9.17) is 4.74 Å². The predicted octanol–water partition coefficient (Wildman–Crippen LogP) is 5.45. The molecular weight excluding hydrogens is 363 g/mol. The van der Waals surface area contributed by atoms with E-state index in [1.165, 1.54) is 0 Å². The van der Waals surface area contributed by atoms with Crippen molar-refractivity contribution in [3.8, 4) is 0 Å². The van der Waals surface area contributed by atoms with Crippen molar-refractivity contribution in [2.45, 2.75) is 52.4 Å². The van der Waals surface area contributed by atoms with Crippen molar-refractivity contribution in [3.63, 3.8) is 0 Å². The maximum atomic E-state index is 12.8. The Balaban J connectivity index is 3.57. The average Bonchev–Trinajstić information content (AvgIpc) is 2.40. The fourth-order valence-electron chi connectivity index (χ4n) is 3.20. The van der Waals surface area contributed by atoms with E-state index >= 15 is 0 Å². The van der Waals surface area contributed by atoms with Crippen LogP contribution in [0.2, 0.25) is 39.3 Å². The Bertz CT molecular complexity index is 631. The van der Waals surface area contributed by atoms with Crippen molar-refractivity contribution in [3.05, 3.63) is 41.6 Å². The number of allylic oxidation sites excluding steroid dienone is 1. The molecule has 140 valence electrons. The van der Waals surface area contributed by atoms with Crippen LogP contribution in [-0.2, 0) is 9.53 Å². The van der Waals surface area contributed by atoms with Gasteiger partial charge in [-0.25, -0.2) is 4.79 Å². The molecule has 0 unspecified atom stereocenters. The number of hydrogen-bond acceptors (Lipinski definition) is 3. The molecule has 1 aromatic rings. The maximum Gasteiger partial charge on any atom is 0.491 e. The molecule has 0 saturated carbocycles. The monoisotopic (exact) mass is 389 g/mol. The van der Waals surface area contributed by atoms with Gasteiger partial charge in [0.1, 0.15) is 16.5 Å². The third-order valence-electron chi connectivity index (χ3n) is 3.47. The molecule has 3 nitrogen and oxygen atoms in total. The van der Waals surface area contributed by atoms with Gasteiger partial charge in [-0.15, -0.1) is 0 Å². The smallest absolute Gasteiger partial charge is 0.425 e. The number of esters is 1. The van der Waals surface area contributed by atoms with Gasteiger partial charge in [0, 0.05) is 11.3 Å². The molecule has 0 spiro atoms. The molecule has 1 aromatic carbocycles. The van der Waals surface area contributed by atoms with Crippen molar-refractivity contribution in [2.24, 2.45) is 0 Å². The lowest BCUT2D eigenvalue weighted by atomic mass is 10.1. The first-order chi connectivity index (χ1) is 11.2. The highest BCUT2D eigenvalue weighted by molar-refractivity contribution is 6.90. The highest BCUT2D eigenvalue weighted by Crippen LogP contribution is 2.32. The number of alkyl halides is 3. The van der Waals surface area contributed by atoms with Crippen LogP contribution >= 0.6 is 0 Å². The summed E-state index contributed by atoms with van der Waals surface area (Å²) >= 11 is 0. The summed E-state index contributed by atoms with van der Waals surface area (Å²) in [6.07, 6.45) is -5.04. The van der Waals surface area contributed by atoms with Gasteiger partial charge in [0.15, 0.2) is 5.76 Å². The zero-order chi connectivity index (χ0) is 19.6. The first-order valence-electron chi connectivity index (χ1n) is 8.01. The molecule has 0 aliphatic carbocycles. The van der Waals surface area contributed by atoms with Gasteiger partial charge in [0.2, 0.25) is 0 Å². The summed E-state index contributed by atoms with van der Waals surface area (Å²) in [4.78, 5) is 11.5. The van der Waals surface area contributed by atoms with Gasteiger partial charge in [-0.05, 0) is 6.92 Å². The molecule has 0 aliphatic heterocycles. The zero-order valence-corrected chi connectivity index (χ0v) is 17.8. The quantitative estimate of drug-likeness (QED) is 0.381. The third kappa shape index (κ3) is 5.74. The summed E-state index contributed by atoms with van der Waals surface area (Å²) in [5.74, 6) is -2.22. The fraction of sp³-hybridized carbons (Fsp3) is 0.471. The van der Waals surface area contributed by atoms with E-state index in [0.29, 0.717) is 11.3 Å². The van der Waals surface area contributed by atoms with Gasteiger partial charge < -0.3 is 8.97 Å². The number of hydrogen-bond donors (Lipinski definition) is 0. The standard InChI is InChI=1S/C17H26F3NO2Si2/c1-13(21(24(2,3)4)25(5,6)7)15(14-11-9-8-10-12-14)23-16(22)17(18,19)20/h8-12H,1-7H3/b15-13-. The second kappa shape index (κ2) is 7.37. The van der Waals surface area contributed by atoms with Gasteiger partial charge in [-0.2, -0.15) is 13.2 Å². The minimum atomic E-state index is -5.04. The van der Waals surface area contributed by atoms with Crippen LogP contribution in [0.1, 0.15) is 12.5 Å². The third-order valence-corrected chi connectivity index (χ3v) is 10.8. The number of carbonyl (C=O) groups excluding carboxylic acids is 1. The Labute approximate surface area is 149 Å². The SMILES string of the molecule is C/C(=C(/OC(=O)C(F)(F)F)c1ccccc1)N([Si](C)(C)C)[Si](C)(C)C. The number of halogens is 3. The Hall–Kier alpha value is -1.55. The van der Waals surface area contributed by atoms with Gasteiger partial charge in [0.05, 0.1) is 0 Å². The van der Waals surface area contributed by atoms with E-state index in [2.05, 4.69) is 43.5 Å². The van der Waals surface area contributed by atoms with Crippen LogP contribution in [0.5, 0.6) is 0 Å². The fourth-order valence-corrected chi connectivity index (χ4v) is 13.5. The molecule has 0 N–H and O–H groups in total. The predicted molar refractivity (Wildman–Crippen MR) is 99.7 cm³/mol. The first kappa shape index (κ1) is 21.5. The highest BCUT2D eigenvalue weighted by atomic mass is 28.4. The molecule has 8 heteroatoms. The van der Waals surface area contributed by atoms with Crippen LogP contribution in [0.3, 0.4) is 0 Å². The van der Waals surface area contributed by atoms with Crippen LogP contribution < -0.4 is 0 Å². The molecular formula is C17H26F3NO2Si2. The van der Waals surface area contributed by atoms with Gasteiger partial charge in [-0.1, -0.05) is 69.6 Å². The molecule has 0 aromatic heterocycles. The highest BCUT2D eigenvalue weighted by Gasteiger charge is 2.43. The lowest BCUT2D eigenvalue weighted by molar-refractivity contribution is -0.192. The van der Waals surface area contributed by atoms with E-state index in [1.54, 1.807) is 37.3 Å². The van der Waals surface area contributed by atoms with Crippen molar-refractivity contribution < 1.29 is 22.7 Å². The van der Waals surface area contributed by atoms with Crippen LogP contribution in [0.25, 0.3) is 5.76 Å². The van der Waals surface area contributed by atoms with Crippen molar-refractivity contribution >= 4 is 28.2 Å². The Morgan fingerprint density at radius 3 is 1.76 bits per heavy atom. The first-order valence-corrected chi connectivity index (χ1v) is 14.9. The van der Waals surface area contributed by atoms with E-state index in [1.807, 2.05) is 0 Å². The lowest BCUT2D eigenvalue weighted by Crippen LogP contribution is -2.58. The van der Waals surface area contributed by atoms with Gasteiger partial charge in [-0.3, -0.25) is 0 Å². The molecule has 0 bridgehead atoms. The molecule has 0 saturated heterocycles. The van der Waals surface area contributed by atoms with Crippen LogP contribution in [0.4, 0.5) is 13.2 Å². The molecule has 1 rings (SSSR count). The number of rotatable bonds is 5. The molecule has 0 fully saturated rings. The zero-order valence-electron chi connectivity index (χ0n) is 15.8. The number of ether oxygens (including phenoxy) is 1. The summed E-state index contributed by atoms with van der Waals surface area (Å²) < 4.78 is 45.4. The number of nitrogens with zero attached hydrogens (tertiary/aromatic N) is 1. The molecule has 0 aliphatic rings. The van der Waals surface area contributed by atoms with E-state index < -0.39 is 28.6 Å². The van der Waals surface area contributed by atoms with E-state index in [0.717, 1.165) is 0 Å². The molecule has 0 radical (unpaired) electrons. The van der Waals surface area contributed by atoms with Crippen molar-refractivity contribution in [1.82, 2.24) is 4.23 Å².